The average molecular weight is 284 g/mol. The Bertz CT molecular complexity index is 254. The molecule has 11 heavy (non-hydrogen) atoms. The van der Waals surface area contributed by atoms with E-state index in [9.17, 15) is 4.39 Å². The molecule has 0 amide bonds. The third-order valence-corrected chi connectivity index (χ3v) is 3.17. The van der Waals surface area contributed by atoms with Gasteiger partial charge in [-0.1, -0.05) is 8.93 Å². The molecule has 0 fully saturated rings. The van der Waals surface area contributed by atoms with Gasteiger partial charge in [0.1, 0.15) is 0 Å². The highest BCUT2D eigenvalue weighted by Gasteiger charge is 2.01. The highest BCUT2D eigenvalue weighted by atomic mass is 127. The van der Waals surface area contributed by atoms with E-state index < -0.39 is 0 Å². The molecule has 0 saturated heterocycles. The molecule has 0 aliphatic carbocycles. The Labute approximate surface area is 80.9 Å². The molecule has 0 bridgehead atoms. The number of hydrogen-bond acceptors (Lipinski definition) is 2. The molecule has 4 heteroatoms. The van der Waals surface area contributed by atoms with Crippen molar-refractivity contribution in [3.05, 3.63) is 24.0 Å². The van der Waals surface area contributed by atoms with Crippen LogP contribution in [0.3, 0.4) is 0 Å². The number of hydrogen-bond donors (Lipinski definition) is 0. The summed E-state index contributed by atoms with van der Waals surface area (Å²) in [7, 11) is 2.93. The third kappa shape index (κ3) is 2.23. The van der Waals surface area contributed by atoms with Crippen molar-refractivity contribution in [3.8, 4) is 5.75 Å². The largest absolute Gasteiger partial charge is 0.494 e. The predicted molar refractivity (Wildman–Crippen MR) is 52.8 cm³/mol. The molecule has 0 unspecified atom stereocenters. The van der Waals surface area contributed by atoms with E-state index in [0.717, 1.165) is 4.90 Å². The number of halogens is 2. The fraction of sp³-hybridized carbons (Fsp3) is 0.143. The van der Waals surface area contributed by atoms with E-state index in [4.69, 9.17) is 4.74 Å². The second-order valence-electron chi connectivity index (χ2n) is 1.87. The van der Waals surface area contributed by atoms with Crippen LogP contribution in [0.2, 0.25) is 0 Å². The van der Waals surface area contributed by atoms with Gasteiger partial charge in [0.05, 0.1) is 7.11 Å². The van der Waals surface area contributed by atoms with Gasteiger partial charge >= 0.3 is 0 Å². The maximum Gasteiger partial charge on any atom is 0.166 e. The second-order valence-corrected chi connectivity index (χ2v) is 3.82. The molecular weight excluding hydrogens is 278 g/mol. The summed E-state index contributed by atoms with van der Waals surface area (Å²) in [5.74, 6) is -0.0200. The monoisotopic (exact) mass is 284 g/mol. The molecular formula is C7H6FIOS. The first kappa shape index (κ1) is 9.12. The van der Waals surface area contributed by atoms with Gasteiger partial charge in [-0.15, -0.1) is 0 Å². The fourth-order valence-corrected chi connectivity index (χ4v) is 1.78. The molecule has 0 aliphatic rings. The highest BCUT2D eigenvalue weighted by Crippen LogP contribution is 2.28. The molecule has 0 heterocycles. The van der Waals surface area contributed by atoms with Crippen LogP contribution in [-0.2, 0) is 0 Å². The van der Waals surface area contributed by atoms with Crippen molar-refractivity contribution in [1.82, 2.24) is 0 Å². The number of ether oxygens (including phenoxy) is 1. The van der Waals surface area contributed by atoms with Crippen LogP contribution in [0.4, 0.5) is 4.39 Å². The summed E-state index contributed by atoms with van der Waals surface area (Å²) in [4.78, 5) is 0.893. The first-order valence-corrected chi connectivity index (χ1v) is 6.26. The molecule has 0 spiro atoms. The first-order valence-electron chi connectivity index (χ1n) is 2.90. The van der Waals surface area contributed by atoms with Gasteiger partial charge in [0.15, 0.2) is 11.6 Å². The van der Waals surface area contributed by atoms with E-state index in [0.29, 0.717) is 5.75 Å². The van der Waals surface area contributed by atoms with E-state index in [-0.39, 0.29) is 5.82 Å². The Hall–Kier alpha value is 0.0300. The SMILES string of the molecule is COc1ccc(SI)cc1F. The molecule has 1 nitrogen and oxygen atoms in total. The minimum absolute atomic E-state index is 0.291. The summed E-state index contributed by atoms with van der Waals surface area (Å²) in [6.45, 7) is 0. The lowest BCUT2D eigenvalue weighted by molar-refractivity contribution is 0.385. The number of benzene rings is 1. The van der Waals surface area contributed by atoms with Crippen LogP contribution in [0.25, 0.3) is 0 Å². The van der Waals surface area contributed by atoms with Crippen LogP contribution in [0, 0.1) is 5.82 Å². The van der Waals surface area contributed by atoms with Gasteiger partial charge in [-0.3, -0.25) is 0 Å². The quantitative estimate of drug-likeness (QED) is 0.771. The fourth-order valence-electron chi connectivity index (χ4n) is 0.695. The normalized spacial score (nSPS) is 9.73. The Kier molecular flexibility index (Phi) is 3.45. The molecule has 0 aliphatic heterocycles. The van der Waals surface area contributed by atoms with E-state index in [1.54, 1.807) is 6.07 Å². The minimum atomic E-state index is -0.311. The summed E-state index contributed by atoms with van der Waals surface area (Å²) >= 11 is 2.10. The van der Waals surface area contributed by atoms with Crippen molar-refractivity contribution < 1.29 is 9.13 Å². The molecule has 0 aromatic heterocycles. The zero-order chi connectivity index (χ0) is 8.27. The lowest BCUT2D eigenvalue weighted by Gasteiger charge is -2.01. The zero-order valence-electron chi connectivity index (χ0n) is 5.80. The summed E-state index contributed by atoms with van der Waals surface area (Å²) < 4.78 is 17.7. The minimum Gasteiger partial charge on any atom is -0.494 e. The van der Waals surface area contributed by atoms with Crippen LogP contribution < -0.4 is 4.74 Å². The highest BCUT2D eigenvalue weighted by molar-refractivity contribution is 14.2. The lowest BCUT2D eigenvalue weighted by Crippen LogP contribution is -1.86. The number of methoxy groups -OCH3 is 1. The van der Waals surface area contributed by atoms with Crippen molar-refractivity contribution >= 4 is 30.1 Å². The van der Waals surface area contributed by atoms with E-state index >= 15 is 0 Å². The van der Waals surface area contributed by atoms with Crippen molar-refractivity contribution in [3.63, 3.8) is 0 Å². The summed E-state index contributed by atoms with van der Waals surface area (Å²) in [5.41, 5.74) is 0. The van der Waals surface area contributed by atoms with Crippen LogP contribution in [0.5, 0.6) is 5.75 Å². The van der Waals surface area contributed by atoms with Gasteiger partial charge in [0.2, 0.25) is 0 Å². The van der Waals surface area contributed by atoms with Gasteiger partial charge < -0.3 is 4.74 Å². The van der Waals surface area contributed by atoms with Crippen molar-refractivity contribution in [2.75, 3.05) is 7.11 Å². The van der Waals surface area contributed by atoms with Crippen LogP contribution in [0.15, 0.2) is 23.1 Å². The summed E-state index contributed by atoms with van der Waals surface area (Å²) in [6.07, 6.45) is 0. The van der Waals surface area contributed by atoms with E-state index in [2.05, 4.69) is 21.2 Å². The Morgan fingerprint density at radius 2 is 2.27 bits per heavy atom. The molecule has 0 saturated carbocycles. The van der Waals surface area contributed by atoms with Gasteiger partial charge in [-0.2, -0.15) is 0 Å². The molecule has 0 N–H and O–H groups in total. The smallest absolute Gasteiger partial charge is 0.166 e. The summed E-state index contributed by atoms with van der Waals surface area (Å²) in [6, 6.07) is 4.89. The third-order valence-electron chi connectivity index (χ3n) is 1.21. The van der Waals surface area contributed by atoms with Crippen LogP contribution in [-0.4, -0.2) is 7.11 Å². The molecule has 60 valence electrons. The van der Waals surface area contributed by atoms with E-state index in [1.807, 2.05) is 6.07 Å². The second kappa shape index (κ2) is 4.15. The average Bonchev–Trinajstić information content (AvgIpc) is 2.04. The Balaban J connectivity index is 2.99. The van der Waals surface area contributed by atoms with E-state index in [1.165, 1.54) is 22.1 Å². The van der Waals surface area contributed by atoms with Crippen molar-refractivity contribution in [2.24, 2.45) is 0 Å². The van der Waals surface area contributed by atoms with Gasteiger partial charge in [-0.05, 0) is 18.2 Å². The maximum absolute atomic E-state index is 12.9. The maximum atomic E-state index is 12.9. The number of rotatable bonds is 2. The van der Waals surface area contributed by atoms with Crippen LogP contribution >= 0.6 is 30.1 Å². The zero-order valence-corrected chi connectivity index (χ0v) is 8.78. The Morgan fingerprint density at radius 1 is 1.55 bits per heavy atom. The predicted octanol–water partition coefficient (Wildman–Crippen LogP) is 3.28. The van der Waals surface area contributed by atoms with Crippen molar-refractivity contribution in [1.29, 1.82) is 0 Å². The summed E-state index contributed by atoms with van der Waals surface area (Å²) in [5, 5.41) is 0. The van der Waals surface area contributed by atoms with Crippen molar-refractivity contribution in [2.45, 2.75) is 4.90 Å². The lowest BCUT2D eigenvalue weighted by atomic mass is 10.3. The molecule has 1 rings (SSSR count). The molecule has 1 aromatic rings. The van der Waals surface area contributed by atoms with Gasteiger partial charge in [-0.25, -0.2) is 4.39 Å². The molecule has 0 atom stereocenters. The van der Waals surface area contributed by atoms with Crippen LogP contribution in [0.1, 0.15) is 0 Å². The first-order chi connectivity index (χ1) is 5.27. The topological polar surface area (TPSA) is 9.23 Å². The standard InChI is InChI=1S/C7H6FIOS/c1-10-7-3-2-5(11-9)4-6(7)8/h2-4H,1H3. The Morgan fingerprint density at radius 3 is 2.73 bits per heavy atom. The van der Waals surface area contributed by atoms with Gasteiger partial charge in [0, 0.05) is 26.1 Å². The molecule has 0 radical (unpaired) electrons. The molecule has 1 aromatic carbocycles. The van der Waals surface area contributed by atoms with Gasteiger partial charge in [0.25, 0.3) is 0 Å².